The van der Waals surface area contributed by atoms with Crippen molar-refractivity contribution in [1.29, 1.82) is 0 Å². The number of hydrogen-bond donors (Lipinski definition) is 0. The van der Waals surface area contributed by atoms with E-state index in [0.717, 1.165) is 25.9 Å². The highest BCUT2D eigenvalue weighted by Gasteiger charge is 2.41. The van der Waals surface area contributed by atoms with Crippen LogP contribution in [-0.2, 0) is 20.7 Å². The lowest BCUT2D eigenvalue weighted by molar-refractivity contribution is -0.171. The minimum atomic E-state index is -0.720. The molecule has 1 aromatic rings. The number of rotatable bonds is 5. The van der Waals surface area contributed by atoms with Gasteiger partial charge in [-0.1, -0.05) is 30.3 Å². The van der Waals surface area contributed by atoms with E-state index in [4.69, 9.17) is 9.47 Å². The molecule has 0 unspecified atom stereocenters. The number of benzene rings is 1. The monoisotopic (exact) mass is 332 g/mol. The highest BCUT2D eigenvalue weighted by atomic mass is 16.5. The normalized spacial score (nSPS) is 25.6. The Hall–Kier alpha value is -1.43. The van der Waals surface area contributed by atoms with Crippen LogP contribution >= 0.6 is 0 Å². The van der Waals surface area contributed by atoms with Crippen LogP contribution in [0.4, 0.5) is 0 Å². The fraction of sp³-hybridized carbons (Fsp3) is 0.632. The summed E-state index contributed by atoms with van der Waals surface area (Å²) in [6.45, 7) is 7.75. The van der Waals surface area contributed by atoms with Crippen molar-refractivity contribution in [2.24, 2.45) is 0 Å². The molecule has 0 bridgehead atoms. The molecule has 2 aliphatic heterocycles. The molecule has 0 spiro atoms. The molecule has 0 radical (unpaired) electrons. The topological polar surface area (TPSA) is 42.0 Å². The van der Waals surface area contributed by atoms with Gasteiger partial charge in [0.2, 0.25) is 0 Å². The first kappa shape index (κ1) is 17.4. The third kappa shape index (κ3) is 4.35. The molecule has 2 fully saturated rings. The third-order valence-electron chi connectivity index (χ3n) is 4.89. The van der Waals surface area contributed by atoms with Crippen molar-refractivity contribution in [3.8, 4) is 0 Å². The Morgan fingerprint density at radius 2 is 1.88 bits per heavy atom. The van der Waals surface area contributed by atoms with Gasteiger partial charge in [-0.05, 0) is 31.9 Å². The summed E-state index contributed by atoms with van der Waals surface area (Å²) in [7, 11) is 0. The molecule has 24 heavy (non-hydrogen) atoms. The van der Waals surface area contributed by atoms with Crippen LogP contribution in [0, 0.1) is 0 Å². The van der Waals surface area contributed by atoms with Gasteiger partial charge in [0.1, 0.15) is 0 Å². The first-order chi connectivity index (χ1) is 11.7. The highest BCUT2D eigenvalue weighted by molar-refractivity contribution is 5.85. The van der Waals surface area contributed by atoms with Gasteiger partial charge in [-0.2, -0.15) is 0 Å². The second-order valence-corrected chi connectivity index (χ2v) is 6.85. The number of amides is 1. The Morgan fingerprint density at radius 3 is 2.62 bits per heavy atom. The molecule has 0 aliphatic carbocycles. The summed E-state index contributed by atoms with van der Waals surface area (Å²) in [4.78, 5) is 17.1. The second kappa shape index (κ2) is 8.10. The van der Waals surface area contributed by atoms with E-state index < -0.39 is 5.60 Å². The van der Waals surface area contributed by atoms with Gasteiger partial charge in [-0.25, -0.2) is 0 Å². The highest BCUT2D eigenvalue weighted by Crippen LogP contribution is 2.21. The Kier molecular flexibility index (Phi) is 5.87. The quantitative estimate of drug-likeness (QED) is 0.821. The standard InChI is InChI=1S/C19H28N2O3/c1-19(18(22)21-11-13-23-14-12-21)16-20(10-15-24-19)9-5-8-17-6-3-2-4-7-17/h2-4,6-7H,5,8-16H2,1H3/t19-/m1/s1. The van der Waals surface area contributed by atoms with Crippen molar-refractivity contribution in [3.63, 3.8) is 0 Å². The Labute approximate surface area is 144 Å². The van der Waals surface area contributed by atoms with Gasteiger partial charge in [-0.3, -0.25) is 9.69 Å². The van der Waals surface area contributed by atoms with Crippen molar-refractivity contribution < 1.29 is 14.3 Å². The van der Waals surface area contributed by atoms with Crippen LogP contribution in [0.25, 0.3) is 0 Å². The van der Waals surface area contributed by atoms with Crippen LogP contribution in [0.5, 0.6) is 0 Å². The average Bonchev–Trinajstić information content (AvgIpc) is 2.63. The van der Waals surface area contributed by atoms with Crippen LogP contribution in [-0.4, -0.2) is 73.9 Å². The smallest absolute Gasteiger partial charge is 0.256 e. The Bertz CT molecular complexity index is 531. The lowest BCUT2D eigenvalue weighted by Crippen LogP contribution is -2.60. The van der Waals surface area contributed by atoms with Gasteiger partial charge in [-0.15, -0.1) is 0 Å². The second-order valence-electron chi connectivity index (χ2n) is 6.85. The maximum atomic E-state index is 12.8. The molecule has 1 amide bonds. The SMILES string of the molecule is C[C@]1(C(=O)N2CCOCC2)CN(CCCc2ccccc2)CCO1. The number of nitrogens with zero attached hydrogens (tertiary/aromatic N) is 2. The summed E-state index contributed by atoms with van der Waals surface area (Å²) in [5, 5.41) is 0. The van der Waals surface area contributed by atoms with Crippen molar-refractivity contribution in [3.05, 3.63) is 35.9 Å². The number of ether oxygens (including phenoxy) is 2. The molecule has 2 saturated heterocycles. The van der Waals surface area contributed by atoms with E-state index in [2.05, 4.69) is 29.2 Å². The number of morpholine rings is 2. The lowest BCUT2D eigenvalue weighted by atomic mass is 10.0. The van der Waals surface area contributed by atoms with Gasteiger partial charge in [0.25, 0.3) is 5.91 Å². The predicted molar refractivity (Wildman–Crippen MR) is 93.0 cm³/mol. The summed E-state index contributed by atoms with van der Waals surface area (Å²) in [5.74, 6) is 0.110. The molecule has 1 aromatic carbocycles. The Balaban J connectivity index is 1.50. The molecular formula is C19H28N2O3. The molecule has 3 rings (SSSR count). The lowest BCUT2D eigenvalue weighted by Gasteiger charge is -2.42. The zero-order valence-corrected chi connectivity index (χ0v) is 14.6. The summed E-state index contributed by atoms with van der Waals surface area (Å²) in [5.41, 5.74) is 0.653. The van der Waals surface area contributed by atoms with E-state index in [0.29, 0.717) is 39.5 Å². The molecule has 132 valence electrons. The first-order valence-electron chi connectivity index (χ1n) is 8.95. The molecule has 0 N–H and O–H groups in total. The van der Waals surface area contributed by atoms with Gasteiger partial charge in [0.05, 0.1) is 19.8 Å². The van der Waals surface area contributed by atoms with E-state index in [1.165, 1.54) is 5.56 Å². The predicted octanol–water partition coefficient (Wildman–Crippen LogP) is 1.57. The molecule has 0 saturated carbocycles. The molecular weight excluding hydrogens is 304 g/mol. The van der Waals surface area contributed by atoms with Crippen LogP contribution < -0.4 is 0 Å². The number of carbonyl (C=O) groups is 1. The van der Waals surface area contributed by atoms with E-state index in [1.807, 2.05) is 17.9 Å². The van der Waals surface area contributed by atoms with E-state index in [-0.39, 0.29) is 5.91 Å². The minimum absolute atomic E-state index is 0.110. The maximum Gasteiger partial charge on any atom is 0.256 e. The van der Waals surface area contributed by atoms with Crippen LogP contribution in [0.3, 0.4) is 0 Å². The van der Waals surface area contributed by atoms with Gasteiger partial charge in [0.15, 0.2) is 5.60 Å². The van der Waals surface area contributed by atoms with Crippen molar-refractivity contribution in [2.45, 2.75) is 25.4 Å². The van der Waals surface area contributed by atoms with Gasteiger partial charge < -0.3 is 14.4 Å². The Morgan fingerprint density at radius 1 is 1.12 bits per heavy atom. The van der Waals surface area contributed by atoms with E-state index >= 15 is 0 Å². The fourth-order valence-electron chi connectivity index (χ4n) is 3.52. The number of carbonyl (C=O) groups excluding carboxylic acids is 1. The zero-order chi connectivity index (χ0) is 16.8. The molecule has 1 atom stereocenters. The molecule has 0 aromatic heterocycles. The van der Waals surface area contributed by atoms with Crippen LogP contribution in [0.1, 0.15) is 18.9 Å². The molecule has 2 heterocycles. The zero-order valence-electron chi connectivity index (χ0n) is 14.6. The van der Waals surface area contributed by atoms with Gasteiger partial charge >= 0.3 is 0 Å². The largest absolute Gasteiger partial charge is 0.378 e. The maximum absolute atomic E-state index is 12.8. The fourth-order valence-corrected chi connectivity index (χ4v) is 3.52. The summed E-state index contributed by atoms with van der Waals surface area (Å²) in [6, 6.07) is 10.6. The van der Waals surface area contributed by atoms with Crippen molar-refractivity contribution in [2.75, 3.05) is 52.5 Å². The average molecular weight is 332 g/mol. The summed E-state index contributed by atoms with van der Waals surface area (Å²) < 4.78 is 11.2. The molecule has 2 aliphatic rings. The first-order valence-corrected chi connectivity index (χ1v) is 8.95. The van der Waals surface area contributed by atoms with Crippen molar-refractivity contribution in [1.82, 2.24) is 9.80 Å². The van der Waals surface area contributed by atoms with E-state index in [9.17, 15) is 4.79 Å². The molecule has 5 nitrogen and oxygen atoms in total. The van der Waals surface area contributed by atoms with Crippen LogP contribution in [0.2, 0.25) is 0 Å². The number of aryl methyl sites for hydroxylation is 1. The number of hydrogen-bond acceptors (Lipinski definition) is 4. The van der Waals surface area contributed by atoms with E-state index in [1.54, 1.807) is 0 Å². The summed E-state index contributed by atoms with van der Waals surface area (Å²) in [6.07, 6.45) is 2.18. The van der Waals surface area contributed by atoms with Gasteiger partial charge in [0, 0.05) is 26.2 Å². The minimum Gasteiger partial charge on any atom is -0.378 e. The van der Waals surface area contributed by atoms with Crippen LogP contribution in [0.15, 0.2) is 30.3 Å². The third-order valence-corrected chi connectivity index (χ3v) is 4.89. The van der Waals surface area contributed by atoms with Crippen molar-refractivity contribution >= 4 is 5.91 Å². The molecule has 5 heteroatoms. The summed E-state index contributed by atoms with van der Waals surface area (Å²) >= 11 is 0.